The molecule has 0 spiro atoms. The molecule has 0 aliphatic carbocycles. The van der Waals surface area contributed by atoms with E-state index in [1.807, 2.05) is 56.3 Å². The molecule has 1 N–H and O–H groups in total. The van der Waals surface area contributed by atoms with Gasteiger partial charge in [-0.25, -0.2) is 4.98 Å². The molecule has 0 saturated carbocycles. The number of thiazole rings is 1. The second-order valence-corrected chi connectivity index (χ2v) is 8.57. The minimum Gasteiger partial charge on any atom is -0.480 e. The van der Waals surface area contributed by atoms with E-state index in [1.54, 1.807) is 18.3 Å². The van der Waals surface area contributed by atoms with E-state index >= 15 is 0 Å². The fraction of sp³-hybridized carbons (Fsp3) is 0.200. The van der Waals surface area contributed by atoms with Crippen LogP contribution in [0.5, 0.6) is 5.75 Å². The highest BCUT2D eigenvalue weighted by molar-refractivity contribution is 7.21. The van der Waals surface area contributed by atoms with Crippen molar-refractivity contribution in [2.24, 2.45) is 0 Å². The zero-order valence-electron chi connectivity index (χ0n) is 17.5. The molecule has 0 unspecified atom stereocenters. The fourth-order valence-electron chi connectivity index (χ4n) is 3.31. The third-order valence-corrected chi connectivity index (χ3v) is 6.08. The van der Waals surface area contributed by atoms with E-state index in [9.17, 15) is 4.79 Å². The Balaban J connectivity index is 1.45. The van der Waals surface area contributed by atoms with Crippen LogP contribution in [-0.2, 0) is 4.79 Å². The van der Waals surface area contributed by atoms with E-state index in [2.05, 4.69) is 30.4 Å². The standard InChI is InChI=1S/C25H24N2O2S/c1-15-8-13-21-22(14-15)30-25(27-21)19-9-11-20(12-10-19)26-24(28)18(4)29-23-16(2)6-5-7-17(23)3/h5-14,18H,1-4H3,(H,26,28)/t18-/m0/s1. The van der Waals surface area contributed by atoms with Gasteiger partial charge in [0.15, 0.2) is 6.10 Å². The first-order chi connectivity index (χ1) is 14.4. The van der Waals surface area contributed by atoms with Gasteiger partial charge in [0.1, 0.15) is 10.8 Å². The predicted molar refractivity (Wildman–Crippen MR) is 124 cm³/mol. The average Bonchev–Trinajstić information content (AvgIpc) is 3.14. The van der Waals surface area contributed by atoms with Gasteiger partial charge in [-0.15, -0.1) is 11.3 Å². The number of carbonyl (C=O) groups is 1. The van der Waals surface area contributed by atoms with E-state index in [1.165, 1.54) is 10.3 Å². The van der Waals surface area contributed by atoms with Crippen molar-refractivity contribution in [1.82, 2.24) is 4.98 Å². The minimum absolute atomic E-state index is 0.180. The molecule has 4 nitrogen and oxygen atoms in total. The van der Waals surface area contributed by atoms with E-state index in [-0.39, 0.29) is 5.91 Å². The number of para-hydroxylation sites is 1. The highest BCUT2D eigenvalue weighted by Gasteiger charge is 2.17. The molecule has 1 amide bonds. The van der Waals surface area contributed by atoms with Crippen LogP contribution in [0.3, 0.4) is 0 Å². The summed E-state index contributed by atoms with van der Waals surface area (Å²) in [6, 6.07) is 20.0. The largest absolute Gasteiger partial charge is 0.480 e. The van der Waals surface area contributed by atoms with E-state index < -0.39 is 6.10 Å². The summed E-state index contributed by atoms with van der Waals surface area (Å²) in [7, 11) is 0. The summed E-state index contributed by atoms with van der Waals surface area (Å²) in [4.78, 5) is 17.3. The summed E-state index contributed by atoms with van der Waals surface area (Å²) in [5, 5.41) is 3.91. The smallest absolute Gasteiger partial charge is 0.265 e. The molecular formula is C25H24N2O2S. The maximum absolute atomic E-state index is 12.6. The van der Waals surface area contributed by atoms with Crippen LogP contribution in [0, 0.1) is 20.8 Å². The maximum atomic E-state index is 12.6. The molecule has 3 aromatic carbocycles. The maximum Gasteiger partial charge on any atom is 0.265 e. The summed E-state index contributed by atoms with van der Waals surface area (Å²) >= 11 is 1.67. The Bertz CT molecular complexity index is 1190. The molecule has 1 aromatic heterocycles. The Morgan fingerprint density at radius 3 is 2.40 bits per heavy atom. The topological polar surface area (TPSA) is 51.2 Å². The molecule has 5 heteroatoms. The highest BCUT2D eigenvalue weighted by Crippen LogP contribution is 2.31. The van der Waals surface area contributed by atoms with Gasteiger partial charge in [-0.1, -0.05) is 24.3 Å². The quantitative estimate of drug-likeness (QED) is 0.416. The Labute approximate surface area is 180 Å². The van der Waals surface area contributed by atoms with Crippen LogP contribution in [0.2, 0.25) is 0 Å². The number of nitrogens with zero attached hydrogens (tertiary/aromatic N) is 1. The van der Waals surface area contributed by atoms with Gasteiger partial charge in [0, 0.05) is 11.3 Å². The van der Waals surface area contributed by atoms with E-state index in [0.717, 1.165) is 38.7 Å². The van der Waals surface area contributed by atoms with Crippen LogP contribution in [0.1, 0.15) is 23.6 Å². The van der Waals surface area contributed by atoms with Crippen molar-refractivity contribution in [3.8, 4) is 16.3 Å². The molecule has 0 radical (unpaired) electrons. The summed E-state index contributed by atoms with van der Waals surface area (Å²) in [5.74, 6) is 0.586. The van der Waals surface area contributed by atoms with Gasteiger partial charge in [0.2, 0.25) is 0 Å². The Morgan fingerprint density at radius 2 is 1.70 bits per heavy atom. The number of benzene rings is 3. The number of ether oxygens (including phenoxy) is 1. The normalized spacial score (nSPS) is 12.0. The Morgan fingerprint density at radius 1 is 1.00 bits per heavy atom. The molecule has 0 fully saturated rings. The van der Waals surface area contributed by atoms with Crippen molar-refractivity contribution in [2.45, 2.75) is 33.8 Å². The van der Waals surface area contributed by atoms with Crippen LogP contribution in [-0.4, -0.2) is 17.0 Å². The number of amides is 1. The lowest BCUT2D eigenvalue weighted by molar-refractivity contribution is -0.122. The van der Waals surface area contributed by atoms with Crippen molar-refractivity contribution >= 4 is 33.1 Å². The first-order valence-corrected chi connectivity index (χ1v) is 10.7. The summed E-state index contributed by atoms with van der Waals surface area (Å²) in [6.07, 6.45) is -0.600. The zero-order chi connectivity index (χ0) is 21.3. The predicted octanol–water partition coefficient (Wildman–Crippen LogP) is 6.29. The molecule has 0 aliphatic heterocycles. The van der Waals surface area contributed by atoms with Crippen molar-refractivity contribution < 1.29 is 9.53 Å². The number of carbonyl (C=O) groups excluding carboxylic acids is 1. The van der Waals surface area contributed by atoms with Crippen LogP contribution in [0.25, 0.3) is 20.8 Å². The average molecular weight is 417 g/mol. The molecule has 0 saturated heterocycles. The number of anilines is 1. The first kappa shape index (κ1) is 20.1. The first-order valence-electron chi connectivity index (χ1n) is 9.92. The Hall–Kier alpha value is -3.18. The van der Waals surface area contributed by atoms with Gasteiger partial charge in [-0.05, 0) is 80.8 Å². The summed E-state index contributed by atoms with van der Waals surface area (Å²) in [6.45, 7) is 7.81. The lowest BCUT2D eigenvalue weighted by Crippen LogP contribution is -2.30. The highest BCUT2D eigenvalue weighted by atomic mass is 32.1. The lowest BCUT2D eigenvalue weighted by atomic mass is 10.1. The third-order valence-electron chi connectivity index (χ3n) is 5.02. The number of rotatable bonds is 5. The van der Waals surface area contributed by atoms with Gasteiger partial charge in [0.25, 0.3) is 5.91 Å². The molecule has 4 rings (SSSR count). The van der Waals surface area contributed by atoms with E-state index in [0.29, 0.717) is 0 Å². The van der Waals surface area contributed by atoms with Gasteiger partial charge in [-0.3, -0.25) is 4.79 Å². The number of nitrogens with one attached hydrogen (secondary N) is 1. The molecule has 30 heavy (non-hydrogen) atoms. The van der Waals surface area contributed by atoms with Crippen molar-refractivity contribution in [3.05, 3.63) is 77.4 Å². The van der Waals surface area contributed by atoms with E-state index in [4.69, 9.17) is 9.72 Å². The number of aromatic nitrogens is 1. The molecule has 4 aromatic rings. The van der Waals surface area contributed by atoms with Crippen LogP contribution < -0.4 is 10.1 Å². The second kappa shape index (κ2) is 8.28. The molecule has 1 atom stereocenters. The molecule has 152 valence electrons. The second-order valence-electron chi connectivity index (χ2n) is 7.54. The third kappa shape index (κ3) is 4.21. The van der Waals surface area contributed by atoms with Gasteiger partial charge < -0.3 is 10.1 Å². The van der Waals surface area contributed by atoms with Crippen molar-refractivity contribution in [2.75, 3.05) is 5.32 Å². The summed E-state index contributed by atoms with van der Waals surface area (Å²) in [5.41, 5.74) is 6.04. The monoisotopic (exact) mass is 416 g/mol. The van der Waals surface area contributed by atoms with Crippen LogP contribution >= 0.6 is 11.3 Å². The summed E-state index contributed by atoms with van der Waals surface area (Å²) < 4.78 is 7.11. The zero-order valence-corrected chi connectivity index (χ0v) is 18.3. The number of hydrogen-bond donors (Lipinski definition) is 1. The molecular weight excluding hydrogens is 392 g/mol. The van der Waals surface area contributed by atoms with Crippen molar-refractivity contribution in [3.63, 3.8) is 0 Å². The van der Waals surface area contributed by atoms with Crippen LogP contribution in [0.4, 0.5) is 5.69 Å². The van der Waals surface area contributed by atoms with Gasteiger partial charge in [-0.2, -0.15) is 0 Å². The SMILES string of the molecule is Cc1ccc2nc(-c3ccc(NC(=O)[C@H](C)Oc4c(C)cccc4C)cc3)sc2c1. The lowest BCUT2D eigenvalue weighted by Gasteiger charge is -2.18. The molecule has 0 bridgehead atoms. The number of fused-ring (bicyclic) bond motifs is 1. The number of aryl methyl sites for hydroxylation is 3. The van der Waals surface area contributed by atoms with Crippen LogP contribution in [0.15, 0.2) is 60.7 Å². The Kier molecular flexibility index (Phi) is 5.55. The van der Waals surface area contributed by atoms with Crippen molar-refractivity contribution in [1.29, 1.82) is 0 Å². The van der Waals surface area contributed by atoms with Gasteiger partial charge >= 0.3 is 0 Å². The molecule has 1 heterocycles. The molecule has 0 aliphatic rings. The fourth-order valence-corrected chi connectivity index (χ4v) is 4.38. The minimum atomic E-state index is -0.600. The number of hydrogen-bond acceptors (Lipinski definition) is 4. The van der Waals surface area contributed by atoms with Gasteiger partial charge in [0.05, 0.1) is 10.2 Å².